The highest BCUT2D eigenvalue weighted by atomic mass is 19.1. The zero-order valence-corrected chi connectivity index (χ0v) is 14.8. The van der Waals surface area contributed by atoms with Crippen molar-refractivity contribution in [3.8, 4) is 0 Å². The minimum atomic E-state index is -0.570. The van der Waals surface area contributed by atoms with Crippen LogP contribution in [-0.2, 0) is 25.7 Å². The maximum atomic E-state index is 13.2. The van der Waals surface area contributed by atoms with E-state index in [1.165, 1.54) is 12.1 Å². The van der Waals surface area contributed by atoms with Crippen LogP contribution >= 0.6 is 0 Å². The van der Waals surface area contributed by atoms with Gasteiger partial charge in [-0.15, -0.1) is 0 Å². The van der Waals surface area contributed by atoms with E-state index >= 15 is 0 Å². The van der Waals surface area contributed by atoms with Gasteiger partial charge >= 0.3 is 5.97 Å². The van der Waals surface area contributed by atoms with E-state index < -0.39 is 5.60 Å². The zero-order chi connectivity index (χ0) is 18.1. The van der Waals surface area contributed by atoms with Crippen LogP contribution in [0.5, 0.6) is 0 Å². The van der Waals surface area contributed by atoms with Crippen LogP contribution in [0.2, 0.25) is 0 Å². The van der Waals surface area contributed by atoms with Crippen LogP contribution < -0.4 is 0 Å². The van der Waals surface area contributed by atoms with Crippen molar-refractivity contribution < 1.29 is 23.5 Å². The van der Waals surface area contributed by atoms with Gasteiger partial charge in [-0.3, -0.25) is 9.59 Å². The Morgan fingerprint density at radius 3 is 2.77 bits per heavy atom. The standard InChI is InChI=1S/C20H24FNO4/c21-15-6-4-5-14(9-15)13-25-16-11-22(12-16)19(24)17-10-18(23)26-20(17)7-2-1-3-8-20/h4-6,9,16-17H,1-3,7-8,10-13H2/t17-/m0/s1. The largest absolute Gasteiger partial charge is 0.458 e. The summed E-state index contributed by atoms with van der Waals surface area (Å²) in [4.78, 5) is 26.5. The summed E-state index contributed by atoms with van der Waals surface area (Å²) < 4.78 is 24.6. The Hall–Kier alpha value is -1.95. The van der Waals surface area contributed by atoms with Crippen molar-refractivity contribution in [1.29, 1.82) is 0 Å². The quantitative estimate of drug-likeness (QED) is 0.774. The molecule has 3 aliphatic rings. The molecule has 0 aromatic heterocycles. The lowest BCUT2D eigenvalue weighted by Crippen LogP contribution is -2.58. The van der Waals surface area contributed by atoms with Crippen LogP contribution in [0.1, 0.15) is 44.1 Å². The molecular formula is C20H24FNO4. The highest BCUT2D eigenvalue weighted by molar-refractivity contribution is 5.88. The number of rotatable bonds is 4. The Labute approximate surface area is 152 Å². The van der Waals surface area contributed by atoms with Gasteiger partial charge in [-0.2, -0.15) is 0 Å². The molecule has 140 valence electrons. The molecule has 3 fully saturated rings. The predicted molar refractivity (Wildman–Crippen MR) is 91.6 cm³/mol. The highest BCUT2D eigenvalue weighted by Crippen LogP contribution is 2.45. The first kappa shape index (κ1) is 17.5. The summed E-state index contributed by atoms with van der Waals surface area (Å²) >= 11 is 0. The molecule has 2 aliphatic heterocycles. The lowest BCUT2D eigenvalue weighted by atomic mass is 9.75. The Morgan fingerprint density at radius 2 is 2.04 bits per heavy atom. The second-order valence-electron chi connectivity index (χ2n) is 7.66. The fourth-order valence-electron chi connectivity index (χ4n) is 4.39. The van der Waals surface area contributed by atoms with Gasteiger partial charge in [0.15, 0.2) is 0 Å². The van der Waals surface area contributed by atoms with Crippen LogP contribution in [0.4, 0.5) is 4.39 Å². The van der Waals surface area contributed by atoms with E-state index in [0.29, 0.717) is 19.7 Å². The fraction of sp³-hybridized carbons (Fsp3) is 0.600. The maximum Gasteiger partial charge on any atom is 0.307 e. The van der Waals surface area contributed by atoms with Crippen molar-refractivity contribution in [2.75, 3.05) is 13.1 Å². The van der Waals surface area contributed by atoms with Crippen molar-refractivity contribution in [3.05, 3.63) is 35.6 Å². The van der Waals surface area contributed by atoms with Crippen LogP contribution in [0.3, 0.4) is 0 Å². The Morgan fingerprint density at radius 1 is 1.27 bits per heavy atom. The number of hydrogen-bond acceptors (Lipinski definition) is 4. The van der Waals surface area contributed by atoms with Gasteiger partial charge in [0.25, 0.3) is 0 Å². The zero-order valence-electron chi connectivity index (χ0n) is 14.8. The summed E-state index contributed by atoms with van der Waals surface area (Å²) in [7, 11) is 0. The minimum Gasteiger partial charge on any atom is -0.458 e. The molecule has 0 radical (unpaired) electrons. The van der Waals surface area contributed by atoms with Crippen molar-refractivity contribution in [1.82, 2.24) is 4.90 Å². The number of halogens is 1. The molecule has 1 amide bonds. The summed E-state index contributed by atoms with van der Waals surface area (Å²) in [5.74, 6) is -0.854. The molecular weight excluding hydrogens is 337 g/mol. The molecule has 1 aliphatic carbocycles. The summed E-state index contributed by atoms with van der Waals surface area (Å²) in [5.41, 5.74) is 0.214. The van der Waals surface area contributed by atoms with E-state index in [-0.39, 0.29) is 36.1 Å². The molecule has 1 atom stereocenters. The molecule has 2 saturated heterocycles. The number of likely N-dealkylation sites (tertiary alicyclic amines) is 1. The monoisotopic (exact) mass is 361 g/mol. The lowest BCUT2D eigenvalue weighted by Gasteiger charge is -2.43. The van der Waals surface area contributed by atoms with Gasteiger partial charge in [-0.05, 0) is 43.4 Å². The summed E-state index contributed by atoms with van der Waals surface area (Å²) in [6.45, 7) is 1.38. The van der Waals surface area contributed by atoms with E-state index in [4.69, 9.17) is 9.47 Å². The molecule has 4 rings (SSSR count). The molecule has 1 spiro atoms. The van der Waals surface area contributed by atoms with Crippen molar-refractivity contribution >= 4 is 11.9 Å². The normalized spacial score (nSPS) is 25.2. The van der Waals surface area contributed by atoms with E-state index in [1.54, 1.807) is 11.0 Å². The van der Waals surface area contributed by atoms with Gasteiger partial charge in [-0.25, -0.2) is 4.39 Å². The predicted octanol–water partition coefficient (Wildman–Crippen LogP) is 2.82. The molecule has 1 saturated carbocycles. The Bertz CT molecular complexity index is 695. The number of hydrogen-bond donors (Lipinski definition) is 0. The third-order valence-corrected chi connectivity index (χ3v) is 5.86. The molecule has 5 nitrogen and oxygen atoms in total. The number of amides is 1. The number of carbonyl (C=O) groups is 2. The van der Waals surface area contributed by atoms with Crippen LogP contribution in [-0.4, -0.2) is 41.6 Å². The third-order valence-electron chi connectivity index (χ3n) is 5.86. The SMILES string of the molecule is O=C1C[C@@H](C(=O)N2CC(OCc3cccc(F)c3)C2)C2(CCCCC2)O1. The second kappa shape index (κ2) is 6.99. The van der Waals surface area contributed by atoms with Crippen molar-refractivity contribution in [3.63, 3.8) is 0 Å². The van der Waals surface area contributed by atoms with Crippen LogP contribution in [0.15, 0.2) is 24.3 Å². The molecule has 0 bridgehead atoms. The van der Waals surface area contributed by atoms with Gasteiger partial charge in [0, 0.05) is 13.1 Å². The Balaban J connectivity index is 1.30. The summed E-state index contributed by atoms with van der Waals surface area (Å²) in [5, 5.41) is 0. The Kier molecular flexibility index (Phi) is 4.69. The van der Waals surface area contributed by atoms with E-state index in [9.17, 15) is 14.0 Å². The van der Waals surface area contributed by atoms with Crippen molar-refractivity contribution in [2.24, 2.45) is 5.92 Å². The molecule has 1 aromatic rings. The van der Waals surface area contributed by atoms with Gasteiger partial charge < -0.3 is 14.4 Å². The molecule has 0 N–H and O–H groups in total. The number of ether oxygens (including phenoxy) is 2. The minimum absolute atomic E-state index is 0.0170. The molecule has 0 unspecified atom stereocenters. The summed E-state index contributed by atoms with van der Waals surface area (Å²) in [6, 6.07) is 6.33. The number of nitrogens with zero attached hydrogens (tertiary/aromatic N) is 1. The average Bonchev–Trinajstić information content (AvgIpc) is 2.89. The topological polar surface area (TPSA) is 55.8 Å². The first-order chi connectivity index (χ1) is 12.6. The summed E-state index contributed by atoms with van der Waals surface area (Å²) in [6.07, 6.45) is 4.91. The van der Waals surface area contributed by atoms with Gasteiger partial charge in [-0.1, -0.05) is 18.6 Å². The average molecular weight is 361 g/mol. The molecule has 26 heavy (non-hydrogen) atoms. The van der Waals surface area contributed by atoms with Crippen LogP contribution in [0, 0.1) is 11.7 Å². The van der Waals surface area contributed by atoms with E-state index in [0.717, 1.165) is 37.7 Å². The highest BCUT2D eigenvalue weighted by Gasteiger charge is 2.54. The van der Waals surface area contributed by atoms with Gasteiger partial charge in [0.05, 0.1) is 25.0 Å². The first-order valence-corrected chi connectivity index (χ1v) is 9.42. The maximum absolute atomic E-state index is 13.2. The van der Waals surface area contributed by atoms with E-state index in [1.807, 2.05) is 6.07 Å². The van der Waals surface area contributed by atoms with Crippen molar-refractivity contribution in [2.45, 2.75) is 56.8 Å². The number of benzene rings is 1. The molecule has 1 aromatic carbocycles. The first-order valence-electron chi connectivity index (χ1n) is 9.42. The second-order valence-corrected chi connectivity index (χ2v) is 7.66. The third kappa shape index (κ3) is 3.34. The van der Waals surface area contributed by atoms with E-state index in [2.05, 4.69) is 0 Å². The van der Waals surface area contributed by atoms with Crippen LogP contribution in [0.25, 0.3) is 0 Å². The number of esters is 1. The number of carbonyl (C=O) groups excluding carboxylic acids is 2. The molecule has 6 heteroatoms. The smallest absolute Gasteiger partial charge is 0.307 e. The molecule has 2 heterocycles. The van der Waals surface area contributed by atoms with Gasteiger partial charge in [0.2, 0.25) is 5.91 Å². The lowest BCUT2D eigenvalue weighted by molar-refractivity contribution is -0.162. The van der Waals surface area contributed by atoms with Gasteiger partial charge in [0.1, 0.15) is 11.4 Å². The fourth-order valence-corrected chi connectivity index (χ4v) is 4.39.